The first-order valence-corrected chi connectivity index (χ1v) is 5.74. The highest BCUT2D eigenvalue weighted by atomic mass is 16.3. The van der Waals surface area contributed by atoms with Gasteiger partial charge >= 0.3 is 0 Å². The summed E-state index contributed by atoms with van der Waals surface area (Å²) >= 11 is 0. The molecule has 0 fully saturated rings. The summed E-state index contributed by atoms with van der Waals surface area (Å²) in [5.74, 6) is -0.142. The number of aromatic hydroxyl groups is 1. The minimum Gasteiger partial charge on any atom is -0.508 e. The molecule has 2 aromatic rings. The molecule has 0 aliphatic carbocycles. The standard InChI is InChI=1S/C15H15NO2/c1-10-6-7-13(8-11(10)2)16-15(18)12-4-3-5-14(17)9-12/h3-9,17H,1-2H3,(H,16,18). The third kappa shape index (κ3) is 2.69. The van der Waals surface area contributed by atoms with E-state index in [9.17, 15) is 9.90 Å². The normalized spacial score (nSPS) is 10.1. The Balaban J connectivity index is 2.18. The van der Waals surface area contributed by atoms with E-state index in [1.165, 1.54) is 17.7 Å². The van der Waals surface area contributed by atoms with E-state index in [1.54, 1.807) is 12.1 Å². The smallest absolute Gasteiger partial charge is 0.255 e. The Kier molecular flexibility index (Phi) is 3.33. The van der Waals surface area contributed by atoms with E-state index in [4.69, 9.17) is 0 Å². The fourth-order valence-corrected chi connectivity index (χ4v) is 1.67. The van der Waals surface area contributed by atoms with E-state index in [-0.39, 0.29) is 11.7 Å². The first kappa shape index (κ1) is 12.2. The number of nitrogens with one attached hydrogen (secondary N) is 1. The molecule has 0 radical (unpaired) electrons. The quantitative estimate of drug-likeness (QED) is 0.847. The van der Waals surface area contributed by atoms with Crippen molar-refractivity contribution < 1.29 is 9.90 Å². The van der Waals surface area contributed by atoms with Crippen LogP contribution >= 0.6 is 0 Å². The Morgan fingerprint density at radius 1 is 1.06 bits per heavy atom. The molecular weight excluding hydrogens is 226 g/mol. The number of benzene rings is 2. The van der Waals surface area contributed by atoms with E-state index < -0.39 is 0 Å². The highest BCUT2D eigenvalue weighted by Gasteiger charge is 2.06. The zero-order valence-corrected chi connectivity index (χ0v) is 10.4. The minimum absolute atomic E-state index is 0.0859. The van der Waals surface area contributed by atoms with Crippen molar-refractivity contribution in [2.24, 2.45) is 0 Å². The third-order valence-corrected chi connectivity index (χ3v) is 2.87. The number of carbonyl (C=O) groups excluding carboxylic acids is 1. The molecule has 1 amide bonds. The van der Waals surface area contributed by atoms with Gasteiger partial charge in [-0.1, -0.05) is 12.1 Å². The van der Waals surface area contributed by atoms with Crippen LogP contribution in [0.4, 0.5) is 5.69 Å². The Hall–Kier alpha value is -2.29. The van der Waals surface area contributed by atoms with Crippen LogP contribution in [-0.4, -0.2) is 11.0 Å². The molecule has 18 heavy (non-hydrogen) atoms. The van der Waals surface area contributed by atoms with Gasteiger partial charge in [0.25, 0.3) is 5.91 Å². The Bertz CT molecular complexity index is 591. The maximum atomic E-state index is 11.9. The predicted molar refractivity (Wildman–Crippen MR) is 72.0 cm³/mol. The van der Waals surface area contributed by atoms with Crippen molar-refractivity contribution in [3.63, 3.8) is 0 Å². The van der Waals surface area contributed by atoms with Crippen LogP contribution < -0.4 is 5.32 Å². The number of amides is 1. The molecule has 0 bridgehead atoms. The number of hydrogen-bond acceptors (Lipinski definition) is 2. The molecule has 92 valence electrons. The molecule has 0 aromatic heterocycles. The van der Waals surface area contributed by atoms with Gasteiger partial charge in [0.15, 0.2) is 0 Å². The van der Waals surface area contributed by atoms with Crippen LogP contribution in [0.5, 0.6) is 5.75 Å². The molecule has 0 heterocycles. The van der Waals surface area contributed by atoms with E-state index in [2.05, 4.69) is 5.32 Å². The monoisotopic (exact) mass is 241 g/mol. The molecule has 3 nitrogen and oxygen atoms in total. The average molecular weight is 241 g/mol. The van der Waals surface area contributed by atoms with Crippen molar-refractivity contribution in [1.29, 1.82) is 0 Å². The number of phenols is 1. The summed E-state index contributed by atoms with van der Waals surface area (Å²) in [6.07, 6.45) is 0. The lowest BCUT2D eigenvalue weighted by Gasteiger charge is -2.07. The van der Waals surface area contributed by atoms with E-state index in [0.717, 1.165) is 11.3 Å². The molecule has 0 unspecified atom stereocenters. The van der Waals surface area contributed by atoms with Gasteiger partial charge in [0.05, 0.1) is 0 Å². The Morgan fingerprint density at radius 2 is 1.83 bits per heavy atom. The number of anilines is 1. The summed E-state index contributed by atoms with van der Waals surface area (Å²) in [5, 5.41) is 12.1. The highest BCUT2D eigenvalue weighted by molar-refractivity contribution is 6.04. The molecular formula is C15H15NO2. The first-order chi connectivity index (χ1) is 8.56. The molecule has 2 rings (SSSR count). The summed E-state index contributed by atoms with van der Waals surface area (Å²) in [5.41, 5.74) is 3.51. The fraction of sp³-hybridized carbons (Fsp3) is 0.133. The van der Waals surface area contributed by atoms with Gasteiger partial charge in [-0.3, -0.25) is 4.79 Å². The van der Waals surface area contributed by atoms with Crippen LogP contribution in [0.25, 0.3) is 0 Å². The van der Waals surface area contributed by atoms with Crippen molar-refractivity contribution >= 4 is 11.6 Å². The first-order valence-electron chi connectivity index (χ1n) is 5.74. The van der Waals surface area contributed by atoms with Gasteiger partial charge in [-0.25, -0.2) is 0 Å². The molecule has 0 saturated carbocycles. The average Bonchev–Trinajstić information content (AvgIpc) is 2.34. The van der Waals surface area contributed by atoms with Gasteiger partial charge in [0.2, 0.25) is 0 Å². The molecule has 2 N–H and O–H groups in total. The molecule has 0 spiro atoms. The van der Waals surface area contributed by atoms with Gasteiger partial charge in [0, 0.05) is 11.3 Å². The number of carbonyl (C=O) groups is 1. The van der Waals surface area contributed by atoms with Gasteiger partial charge in [-0.05, 0) is 55.3 Å². The number of phenolic OH excluding ortho intramolecular Hbond substituents is 1. The largest absolute Gasteiger partial charge is 0.508 e. The predicted octanol–water partition coefficient (Wildman–Crippen LogP) is 3.26. The third-order valence-electron chi connectivity index (χ3n) is 2.87. The SMILES string of the molecule is Cc1ccc(NC(=O)c2cccc(O)c2)cc1C. The second-order valence-corrected chi connectivity index (χ2v) is 4.30. The van der Waals surface area contributed by atoms with E-state index >= 15 is 0 Å². The molecule has 0 saturated heterocycles. The van der Waals surface area contributed by atoms with E-state index in [0.29, 0.717) is 5.56 Å². The topological polar surface area (TPSA) is 49.3 Å². The Morgan fingerprint density at radius 3 is 2.50 bits per heavy atom. The lowest BCUT2D eigenvalue weighted by Crippen LogP contribution is -2.11. The fourth-order valence-electron chi connectivity index (χ4n) is 1.67. The van der Waals surface area contributed by atoms with Crippen LogP contribution in [0.15, 0.2) is 42.5 Å². The number of rotatable bonds is 2. The van der Waals surface area contributed by atoms with Crippen molar-refractivity contribution in [2.45, 2.75) is 13.8 Å². The van der Waals surface area contributed by atoms with Crippen LogP contribution in [0.1, 0.15) is 21.5 Å². The van der Waals surface area contributed by atoms with Gasteiger partial charge in [-0.15, -0.1) is 0 Å². The molecule has 3 heteroatoms. The van der Waals surface area contributed by atoms with Crippen molar-refractivity contribution in [3.8, 4) is 5.75 Å². The van der Waals surface area contributed by atoms with Crippen molar-refractivity contribution in [2.75, 3.05) is 5.32 Å². The summed E-state index contributed by atoms with van der Waals surface area (Å²) in [7, 11) is 0. The lowest BCUT2D eigenvalue weighted by molar-refractivity contribution is 0.102. The van der Waals surface area contributed by atoms with Crippen LogP contribution in [0.3, 0.4) is 0 Å². The molecule has 0 aliphatic rings. The minimum atomic E-state index is -0.228. The maximum Gasteiger partial charge on any atom is 0.255 e. The van der Waals surface area contributed by atoms with E-state index in [1.807, 2.05) is 32.0 Å². The molecule has 2 aromatic carbocycles. The summed E-state index contributed by atoms with van der Waals surface area (Å²) in [4.78, 5) is 11.9. The molecule has 0 atom stereocenters. The number of aryl methyl sites for hydroxylation is 2. The maximum absolute atomic E-state index is 11.9. The van der Waals surface area contributed by atoms with Crippen LogP contribution in [-0.2, 0) is 0 Å². The van der Waals surface area contributed by atoms with Gasteiger partial charge in [0.1, 0.15) is 5.75 Å². The zero-order valence-electron chi connectivity index (χ0n) is 10.4. The van der Waals surface area contributed by atoms with Gasteiger partial charge < -0.3 is 10.4 Å². The van der Waals surface area contributed by atoms with Crippen molar-refractivity contribution in [3.05, 3.63) is 59.2 Å². The van der Waals surface area contributed by atoms with Crippen LogP contribution in [0.2, 0.25) is 0 Å². The second kappa shape index (κ2) is 4.92. The summed E-state index contributed by atoms with van der Waals surface area (Å²) < 4.78 is 0. The lowest BCUT2D eigenvalue weighted by atomic mass is 10.1. The summed E-state index contributed by atoms with van der Waals surface area (Å²) in [6.45, 7) is 4.02. The number of hydrogen-bond donors (Lipinski definition) is 2. The molecule has 0 aliphatic heterocycles. The Labute approximate surface area is 106 Å². The van der Waals surface area contributed by atoms with Crippen LogP contribution in [0, 0.1) is 13.8 Å². The van der Waals surface area contributed by atoms with Gasteiger partial charge in [-0.2, -0.15) is 0 Å². The summed E-state index contributed by atoms with van der Waals surface area (Å²) in [6, 6.07) is 12.0. The zero-order chi connectivity index (χ0) is 13.1. The highest BCUT2D eigenvalue weighted by Crippen LogP contribution is 2.16. The van der Waals surface area contributed by atoms with Crippen molar-refractivity contribution in [1.82, 2.24) is 0 Å². The second-order valence-electron chi connectivity index (χ2n) is 4.30.